The van der Waals surface area contributed by atoms with Crippen LogP contribution in [0.15, 0.2) is 53.4 Å². The zero-order chi connectivity index (χ0) is 22.4. The standard InChI is InChI=1S/C21H29N5O4S/c1-30-19-6-8-20(9-7-19)31(28,29)26-12-10-25(11-13-26)15-18(27)14-24-17-4-2-16(3-5-17)21(22)23/h2-9,18,24,27H,10-15H2,1H3,(H3,22,23). The van der Waals surface area contributed by atoms with Crippen molar-refractivity contribution < 1.29 is 18.3 Å². The number of nitrogens with one attached hydrogen (secondary N) is 2. The number of aliphatic hydroxyl groups excluding tert-OH is 1. The molecule has 1 aliphatic rings. The molecule has 1 atom stereocenters. The number of benzene rings is 2. The first-order chi connectivity index (χ1) is 14.8. The van der Waals surface area contributed by atoms with Crippen LogP contribution in [0.2, 0.25) is 0 Å². The summed E-state index contributed by atoms with van der Waals surface area (Å²) in [5.41, 5.74) is 6.92. The minimum atomic E-state index is -3.54. The number of rotatable bonds is 9. The molecule has 1 heterocycles. The SMILES string of the molecule is COc1ccc(S(=O)(=O)N2CCN(CC(O)CNc3ccc(C(=N)N)cc3)CC2)cc1. The molecule has 0 radical (unpaired) electrons. The van der Waals surface area contributed by atoms with Crippen LogP contribution in [0.3, 0.4) is 0 Å². The molecule has 10 heteroatoms. The molecule has 0 saturated carbocycles. The number of piperazine rings is 1. The molecular weight excluding hydrogens is 418 g/mol. The topological polar surface area (TPSA) is 132 Å². The van der Waals surface area contributed by atoms with Crippen molar-refractivity contribution in [1.82, 2.24) is 9.21 Å². The van der Waals surface area contributed by atoms with Crippen LogP contribution in [0.5, 0.6) is 5.75 Å². The Balaban J connectivity index is 1.46. The summed E-state index contributed by atoms with van der Waals surface area (Å²) in [6.07, 6.45) is -0.600. The molecule has 1 fully saturated rings. The lowest BCUT2D eigenvalue weighted by atomic mass is 10.2. The predicted molar refractivity (Wildman–Crippen MR) is 120 cm³/mol. The number of hydrogen-bond donors (Lipinski definition) is 4. The van der Waals surface area contributed by atoms with Crippen LogP contribution in [0, 0.1) is 5.41 Å². The van der Waals surface area contributed by atoms with Crippen molar-refractivity contribution in [1.29, 1.82) is 5.41 Å². The van der Waals surface area contributed by atoms with E-state index in [-0.39, 0.29) is 10.7 Å². The quantitative estimate of drug-likeness (QED) is 0.330. The van der Waals surface area contributed by atoms with Crippen molar-refractivity contribution in [3.05, 3.63) is 54.1 Å². The molecular formula is C21H29N5O4S. The Morgan fingerprint density at radius 1 is 1.13 bits per heavy atom. The number of amidine groups is 1. The summed E-state index contributed by atoms with van der Waals surface area (Å²) >= 11 is 0. The number of hydrogen-bond acceptors (Lipinski definition) is 7. The number of β-amino-alcohol motifs (C(OH)–C–C–N with tert-alkyl or cyclic N) is 1. The smallest absolute Gasteiger partial charge is 0.243 e. The number of nitrogens with two attached hydrogens (primary N) is 1. The van der Waals surface area contributed by atoms with E-state index in [1.54, 1.807) is 36.4 Å². The van der Waals surface area contributed by atoms with Gasteiger partial charge in [-0.2, -0.15) is 4.31 Å². The van der Waals surface area contributed by atoms with Crippen LogP contribution < -0.4 is 15.8 Å². The number of ether oxygens (including phenoxy) is 1. The normalized spacial score (nSPS) is 16.6. The van der Waals surface area contributed by atoms with Gasteiger partial charge in [0, 0.05) is 50.5 Å². The van der Waals surface area contributed by atoms with Gasteiger partial charge in [-0.3, -0.25) is 10.3 Å². The van der Waals surface area contributed by atoms with E-state index in [1.165, 1.54) is 11.4 Å². The highest BCUT2D eigenvalue weighted by molar-refractivity contribution is 7.89. The molecule has 31 heavy (non-hydrogen) atoms. The minimum Gasteiger partial charge on any atom is -0.497 e. The van der Waals surface area contributed by atoms with E-state index in [1.807, 2.05) is 12.1 Å². The van der Waals surface area contributed by atoms with Crippen molar-refractivity contribution in [3.8, 4) is 5.75 Å². The molecule has 0 aromatic heterocycles. The van der Waals surface area contributed by atoms with Gasteiger partial charge in [0.2, 0.25) is 10.0 Å². The highest BCUT2D eigenvalue weighted by Crippen LogP contribution is 2.20. The summed E-state index contributed by atoms with van der Waals surface area (Å²) in [7, 11) is -2.00. The molecule has 1 unspecified atom stereocenters. The van der Waals surface area contributed by atoms with Crippen LogP contribution in [0.1, 0.15) is 5.56 Å². The molecule has 168 valence electrons. The maximum absolute atomic E-state index is 12.8. The summed E-state index contributed by atoms with van der Waals surface area (Å²) in [6, 6.07) is 13.5. The van der Waals surface area contributed by atoms with Gasteiger partial charge in [0.1, 0.15) is 11.6 Å². The maximum Gasteiger partial charge on any atom is 0.243 e. The third-order valence-corrected chi connectivity index (χ3v) is 7.15. The number of sulfonamides is 1. The zero-order valence-electron chi connectivity index (χ0n) is 17.5. The summed E-state index contributed by atoms with van der Waals surface area (Å²) < 4.78 is 32.2. The average molecular weight is 448 g/mol. The van der Waals surface area contributed by atoms with E-state index in [2.05, 4.69) is 10.2 Å². The van der Waals surface area contributed by atoms with Crippen molar-refractivity contribution in [2.45, 2.75) is 11.0 Å². The second-order valence-electron chi connectivity index (χ2n) is 7.41. The van der Waals surface area contributed by atoms with Crippen LogP contribution in [-0.4, -0.2) is 81.0 Å². The first-order valence-corrected chi connectivity index (χ1v) is 11.5. The Hall–Kier alpha value is -2.66. The molecule has 0 amide bonds. The third-order valence-electron chi connectivity index (χ3n) is 5.24. The van der Waals surface area contributed by atoms with Gasteiger partial charge in [-0.1, -0.05) is 0 Å². The summed E-state index contributed by atoms with van der Waals surface area (Å²) in [5, 5.41) is 20.9. The Morgan fingerprint density at radius 3 is 2.29 bits per heavy atom. The molecule has 5 N–H and O–H groups in total. The van der Waals surface area contributed by atoms with Crippen LogP contribution in [0.4, 0.5) is 5.69 Å². The van der Waals surface area contributed by atoms with Crippen LogP contribution in [-0.2, 0) is 10.0 Å². The summed E-state index contributed by atoms with van der Waals surface area (Å²) in [5.74, 6) is 0.626. The van der Waals surface area contributed by atoms with Gasteiger partial charge in [-0.25, -0.2) is 8.42 Å². The lowest BCUT2D eigenvalue weighted by Gasteiger charge is -2.35. The molecule has 2 aromatic carbocycles. The van der Waals surface area contributed by atoms with Gasteiger partial charge in [-0.15, -0.1) is 0 Å². The molecule has 0 aliphatic carbocycles. The molecule has 1 saturated heterocycles. The van der Waals surface area contributed by atoms with E-state index in [0.717, 1.165) is 5.69 Å². The van der Waals surface area contributed by atoms with Gasteiger partial charge in [0.05, 0.1) is 18.1 Å². The minimum absolute atomic E-state index is 0.0136. The maximum atomic E-state index is 12.8. The Morgan fingerprint density at radius 2 is 1.74 bits per heavy atom. The third kappa shape index (κ3) is 5.95. The van der Waals surface area contributed by atoms with E-state index >= 15 is 0 Å². The summed E-state index contributed by atoms with van der Waals surface area (Å²) in [6.45, 7) is 2.68. The Labute approximate surface area is 183 Å². The monoisotopic (exact) mass is 447 g/mol. The van der Waals surface area contributed by atoms with Crippen LogP contribution >= 0.6 is 0 Å². The van der Waals surface area contributed by atoms with Gasteiger partial charge in [0.25, 0.3) is 0 Å². The van der Waals surface area contributed by atoms with Gasteiger partial charge >= 0.3 is 0 Å². The molecule has 2 aromatic rings. The molecule has 0 spiro atoms. The van der Waals surface area contributed by atoms with E-state index < -0.39 is 16.1 Å². The van der Waals surface area contributed by atoms with E-state index in [9.17, 15) is 13.5 Å². The summed E-state index contributed by atoms with van der Waals surface area (Å²) in [4.78, 5) is 2.31. The predicted octanol–water partition coefficient (Wildman–Crippen LogP) is 0.759. The Bertz CT molecular complexity index is 972. The highest BCUT2D eigenvalue weighted by Gasteiger charge is 2.29. The second-order valence-corrected chi connectivity index (χ2v) is 9.34. The number of methoxy groups -OCH3 is 1. The van der Waals surface area contributed by atoms with Crippen molar-refractivity contribution >= 4 is 21.5 Å². The molecule has 0 bridgehead atoms. The lowest BCUT2D eigenvalue weighted by Crippen LogP contribution is -2.50. The van der Waals surface area contributed by atoms with Crippen molar-refractivity contribution in [3.63, 3.8) is 0 Å². The zero-order valence-corrected chi connectivity index (χ0v) is 18.3. The highest BCUT2D eigenvalue weighted by atomic mass is 32.2. The van der Waals surface area contributed by atoms with Crippen LogP contribution in [0.25, 0.3) is 0 Å². The number of anilines is 1. The Kier molecular flexibility index (Phi) is 7.50. The lowest BCUT2D eigenvalue weighted by molar-refractivity contribution is 0.0994. The fourth-order valence-corrected chi connectivity index (χ4v) is 4.84. The average Bonchev–Trinajstić information content (AvgIpc) is 2.78. The number of aliphatic hydroxyl groups is 1. The fourth-order valence-electron chi connectivity index (χ4n) is 3.42. The molecule has 3 rings (SSSR count). The molecule has 9 nitrogen and oxygen atoms in total. The van der Waals surface area contributed by atoms with Gasteiger partial charge in [0.15, 0.2) is 0 Å². The van der Waals surface area contributed by atoms with Gasteiger partial charge in [-0.05, 0) is 48.5 Å². The largest absolute Gasteiger partial charge is 0.497 e. The first-order valence-electron chi connectivity index (χ1n) is 10.0. The molecule has 1 aliphatic heterocycles. The second kappa shape index (κ2) is 10.1. The van der Waals surface area contributed by atoms with Crippen molar-refractivity contribution in [2.24, 2.45) is 5.73 Å². The number of nitrogens with zero attached hydrogens (tertiary/aromatic N) is 2. The van der Waals surface area contributed by atoms with E-state index in [0.29, 0.717) is 50.6 Å². The first kappa shape index (κ1) is 23.0. The fraction of sp³-hybridized carbons (Fsp3) is 0.381. The van der Waals surface area contributed by atoms with Crippen molar-refractivity contribution in [2.75, 3.05) is 51.7 Å². The van der Waals surface area contributed by atoms with Gasteiger partial charge < -0.3 is 20.9 Å². The number of nitrogen functional groups attached to an aromatic ring is 1. The van der Waals surface area contributed by atoms with E-state index in [4.69, 9.17) is 15.9 Å².